The van der Waals surface area contributed by atoms with Crippen molar-refractivity contribution in [2.24, 2.45) is 0 Å². The van der Waals surface area contributed by atoms with Gasteiger partial charge >= 0.3 is 0 Å². The summed E-state index contributed by atoms with van der Waals surface area (Å²) in [4.78, 5) is 4.47. The van der Waals surface area contributed by atoms with E-state index in [0.717, 1.165) is 22.9 Å². The largest absolute Gasteiger partial charge is 0.347 e. The Hall–Kier alpha value is -1.16. The van der Waals surface area contributed by atoms with E-state index in [9.17, 15) is 0 Å². The van der Waals surface area contributed by atoms with E-state index in [1.165, 1.54) is 0 Å². The van der Waals surface area contributed by atoms with Crippen molar-refractivity contribution in [1.82, 2.24) is 4.98 Å². The summed E-state index contributed by atoms with van der Waals surface area (Å²) in [5.74, 6) is -0.600. The number of pyridine rings is 1. The number of benzene rings is 1. The lowest BCUT2D eigenvalue weighted by atomic mass is 10.0. The van der Waals surface area contributed by atoms with Crippen molar-refractivity contribution in [3.8, 4) is 0 Å². The molecule has 0 amide bonds. The molecule has 0 spiro atoms. The molecule has 0 N–H and O–H groups in total. The number of halogens is 1. The predicted octanol–water partition coefficient (Wildman–Crippen LogP) is 4.49. The van der Waals surface area contributed by atoms with E-state index in [1.807, 2.05) is 38.1 Å². The first-order chi connectivity index (χ1) is 9.44. The average Bonchev–Trinajstić information content (AvgIpc) is 2.35. The first-order valence-electron chi connectivity index (χ1n) is 6.85. The number of hydrogen-bond donors (Lipinski definition) is 0. The van der Waals surface area contributed by atoms with E-state index in [4.69, 9.17) is 21.1 Å². The van der Waals surface area contributed by atoms with Gasteiger partial charge in [-0.15, -0.1) is 0 Å². The van der Waals surface area contributed by atoms with Gasteiger partial charge in [0.1, 0.15) is 5.15 Å². The average molecular weight is 292 g/mol. The van der Waals surface area contributed by atoms with Gasteiger partial charge in [0.05, 0.1) is 17.7 Å². The highest BCUT2D eigenvalue weighted by Crippen LogP contribution is 2.38. The number of para-hydroxylation sites is 1. The SMILES string of the molecule is C[C@H]1C[C@@H](c2cc3ccccc3nc2Cl)OC(C)(C)O1. The predicted molar refractivity (Wildman–Crippen MR) is 79.8 cm³/mol. The summed E-state index contributed by atoms with van der Waals surface area (Å²) in [5, 5.41) is 1.59. The fraction of sp³-hybridized carbons (Fsp3) is 0.438. The first kappa shape index (κ1) is 13.8. The van der Waals surface area contributed by atoms with E-state index >= 15 is 0 Å². The van der Waals surface area contributed by atoms with Gasteiger partial charge in [0.25, 0.3) is 0 Å². The van der Waals surface area contributed by atoms with Crippen molar-refractivity contribution >= 4 is 22.5 Å². The van der Waals surface area contributed by atoms with Crippen LogP contribution in [0.1, 0.15) is 38.9 Å². The summed E-state index contributed by atoms with van der Waals surface area (Å²) in [5.41, 5.74) is 1.84. The first-order valence-corrected chi connectivity index (χ1v) is 7.23. The highest BCUT2D eigenvalue weighted by molar-refractivity contribution is 6.30. The second-order valence-corrected chi connectivity index (χ2v) is 6.09. The lowest BCUT2D eigenvalue weighted by Gasteiger charge is -2.39. The molecule has 1 aliphatic heterocycles. The summed E-state index contributed by atoms with van der Waals surface area (Å²) in [6.07, 6.45) is 0.827. The number of aromatic nitrogens is 1. The van der Waals surface area contributed by atoms with Crippen LogP contribution in [0.4, 0.5) is 0 Å². The lowest BCUT2D eigenvalue weighted by Crippen LogP contribution is -2.40. The van der Waals surface area contributed by atoms with Crippen LogP contribution in [-0.4, -0.2) is 16.9 Å². The van der Waals surface area contributed by atoms with Crippen LogP contribution in [0.25, 0.3) is 10.9 Å². The van der Waals surface area contributed by atoms with Gasteiger partial charge < -0.3 is 9.47 Å². The molecule has 20 heavy (non-hydrogen) atoms. The molecule has 1 aromatic carbocycles. The second-order valence-electron chi connectivity index (χ2n) is 5.73. The normalized spacial score (nSPS) is 25.8. The summed E-state index contributed by atoms with van der Waals surface area (Å²) in [6.45, 7) is 5.91. The van der Waals surface area contributed by atoms with Gasteiger partial charge in [0.2, 0.25) is 0 Å². The van der Waals surface area contributed by atoms with Gasteiger partial charge in [-0.05, 0) is 32.9 Å². The molecule has 0 radical (unpaired) electrons. The van der Waals surface area contributed by atoms with Crippen molar-refractivity contribution in [3.05, 3.63) is 41.0 Å². The van der Waals surface area contributed by atoms with Gasteiger partial charge in [-0.1, -0.05) is 29.8 Å². The van der Waals surface area contributed by atoms with E-state index in [0.29, 0.717) is 5.15 Å². The van der Waals surface area contributed by atoms with Gasteiger partial charge in [-0.3, -0.25) is 0 Å². The van der Waals surface area contributed by atoms with Crippen molar-refractivity contribution in [2.75, 3.05) is 0 Å². The van der Waals surface area contributed by atoms with Crippen LogP contribution >= 0.6 is 11.6 Å². The Balaban J connectivity index is 2.03. The van der Waals surface area contributed by atoms with Gasteiger partial charge in [0, 0.05) is 17.4 Å². The van der Waals surface area contributed by atoms with Crippen LogP contribution in [0.15, 0.2) is 30.3 Å². The maximum atomic E-state index is 6.35. The molecule has 3 rings (SSSR count). The summed E-state index contributed by atoms with van der Waals surface area (Å²) in [6, 6.07) is 10.0. The minimum absolute atomic E-state index is 0.0849. The summed E-state index contributed by atoms with van der Waals surface area (Å²) >= 11 is 6.35. The Kier molecular flexibility index (Phi) is 3.44. The highest BCUT2D eigenvalue weighted by atomic mass is 35.5. The minimum atomic E-state index is -0.600. The zero-order valence-electron chi connectivity index (χ0n) is 11.9. The third-order valence-electron chi connectivity index (χ3n) is 3.51. The fourth-order valence-electron chi connectivity index (χ4n) is 2.78. The second kappa shape index (κ2) is 4.99. The number of rotatable bonds is 1. The maximum Gasteiger partial charge on any atom is 0.163 e. The van der Waals surface area contributed by atoms with Crippen LogP contribution in [0.5, 0.6) is 0 Å². The van der Waals surface area contributed by atoms with E-state index < -0.39 is 5.79 Å². The molecule has 0 aliphatic carbocycles. The Morgan fingerprint density at radius 1 is 1.25 bits per heavy atom. The van der Waals surface area contributed by atoms with E-state index in [2.05, 4.69) is 18.0 Å². The zero-order chi connectivity index (χ0) is 14.3. The number of hydrogen-bond acceptors (Lipinski definition) is 3. The van der Waals surface area contributed by atoms with E-state index in [1.54, 1.807) is 0 Å². The van der Waals surface area contributed by atoms with Crippen molar-refractivity contribution < 1.29 is 9.47 Å². The van der Waals surface area contributed by atoms with Crippen LogP contribution < -0.4 is 0 Å². The van der Waals surface area contributed by atoms with E-state index in [-0.39, 0.29) is 12.2 Å². The van der Waals surface area contributed by atoms with Gasteiger partial charge in [0.15, 0.2) is 5.79 Å². The molecule has 1 fully saturated rings. The molecule has 4 heteroatoms. The number of fused-ring (bicyclic) bond motifs is 1. The molecular formula is C16H18ClNO2. The fourth-order valence-corrected chi connectivity index (χ4v) is 3.04. The Labute approximate surface area is 123 Å². The molecule has 0 saturated carbocycles. The summed E-state index contributed by atoms with van der Waals surface area (Å²) in [7, 11) is 0. The molecular weight excluding hydrogens is 274 g/mol. The standard InChI is InChI=1S/C16H18ClNO2/c1-10-8-14(20-16(2,3)19-10)12-9-11-6-4-5-7-13(11)18-15(12)17/h4-7,9-10,14H,8H2,1-3H3/t10-,14-/m0/s1. The van der Waals surface area contributed by atoms with Crippen LogP contribution in [0.2, 0.25) is 5.15 Å². The topological polar surface area (TPSA) is 31.4 Å². The molecule has 0 bridgehead atoms. The zero-order valence-corrected chi connectivity index (χ0v) is 12.6. The van der Waals surface area contributed by atoms with Crippen molar-refractivity contribution in [3.63, 3.8) is 0 Å². The Morgan fingerprint density at radius 3 is 2.75 bits per heavy atom. The smallest absolute Gasteiger partial charge is 0.163 e. The molecule has 2 heterocycles. The highest BCUT2D eigenvalue weighted by Gasteiger charge is 2.35. The van der Waals surface area contributed by atoms with Crippen LogP contribution in [0, 0.1) is 0 Å². The van der Waals surface area contributed by atoms with Crippen LogP contribution in [0.3, 0.4) is 0 Å². The van der Waals surface area contributed by atoms with Gasteiger partial charge in [-0.25, -0.2) is 4.98 Å². The maximum absolute atomic E-state index is 6.35. The monoisotopic (exact) mass is 291 g/mol. The molecule has 3 nitrogen and oxygen atoms in total. The number of ether oxygens (including phenoxy) is 2. The molecule has 0 unspecified atom stereocenters. The van der Waals surface area contributed by atoms with Crippen molar-refractivity contribution in [2.45, 2.75) is 45.2 Å². The van der Waals surface area contributed by atoms with Crippen molar-refractivity contribution in [1.29, 1.82) is 0 Å². The molecule has 1 saturated heterocycles. The molecule has 1 aliphatic rings. The quantitative estimate of drug-likeness (QED) is 0.725. The molecule has 2 aromatic rings. The van der Waals surface area contributed by atoms with Gasteiger partial charge in [-0.2, -0.15) is 0 Å². The third-order valence-corrected chi connectivity index (χ3v) is 3.81. The molecule has 1 aromatic heterocycles. The molecule has 2 atom stereocenters. The Bertz CT molecular complexity index is 641. The number of nitrogens with zero attached hydrogens (tertiary/aromatic N) is 1. The minimum Gasteiger partial charge on any atom is -0.347 e. The lowest BCUT2D eigenvalue weighted by molar-refractivity contribution is -0.298. The Morgan fingerprint density at radius 2 is 2.00 bits per heavy atom. The van der Waals surface area contributed by atoms with Crippen LogP contribution in [-0.2, 0) is 9.47 Å². The molecule has 106 valence electrons. The summed E-state index contributed by atoms with van der Waals surface area (Å²) < 4.78 is 11.8. The third kappa shape index (κ3) is 2.66.